The van der Waals surface area contributed by atoms with Crippen LogP contribution in [0.5, 0.6) is 0 Å². The van der Waals surface area contributed by atoms with E-state index >= 15 is 0 Å². The van der Waals surface area contributed by atoms with E-state index in [0.717, 1.165) is 28.8 Å². The Morgan fingerprint density at radius 1 is 1.24 bits per heavy atom. The van der Waals surface area contributed by atoms with Crippen LogP contribution in [-0.2, 0) is 16.6 Å². The Bertz CT molecular complexity index is 902. The predicted octanol–water partition coefficient (Wildman–Crippen LogP) is 4.10. The number of para-hydroxylation sites is 1. The highest BCUT2D eigenvalue weighted by Crippen LogP contribution is 2.39. The number of benzene rings is 1. The van der Waals surface area contributed by atoms with Gasteiger partial charge < -0.3 is 14.2 Å². The highest BCUT2D eigenvalue weighted by Gasteiger charge is 2.32. The van der Waals surface area contributed by atoms with Gasteiger partial charge in [0.2, 0.25) is 0 Å². The van der Waals surface area contributed by atoms with Crippen LogP contribution in [0.1, 0.15) is 19.0 Å². The van der Waals surface area contributed by atoms with Crippen molar-refractivity contribution < 1.29 is 9.53 Å². The smallest absolute Gasteiger partial charge is 0.336 e. The molecule has 0 amide bonds. The van der Waals surface area contributed by atoms with Gasteiger partial charge in [0.25, 0.3) is 0 Å². The minimum absolute atomic E-state index is 0.170. The first-order chi connectivity index (χ1) is 12.0. The molecule has 0 fully saturated rings. The van der Waals surface area contributed by atoms with Gasteiger partial charge >= 0.3 is 5.97 Å². The van der Waals surface area contributed by atoms with Gasteiger partial charge in [0.15, 0.2) is 0 Å². The molecule has 25 heavy (non-hydrogen) atoms. The maximum Gasteiger partial charge on any atom is 0.336 e. The molecular formula is C21H24N2O2. The number of hydrogen-bond acceptors (Lipinski definition) is 3. The Balaban J connectivity index is 2.11. The molecule has 2 aromatic rings. The number of aromatic nitrogens is 1. The average molecular weight is 336 g/mol. The Kier molecular flexibility index (Phi) is 4.53. The van der Waals surface area contributed by atoms with Crippen molar-refractivity contribution in [2.75, 3.05) is 14.2 Å². The van der Waals surface area contributed by atoms with Crippen LogP contribution in [0, 0.1) is 5.92 Å². The third-order valence-electron chi connectivity index (χ3n) is 4.85. The predicted molar refractivity (Wildman–Crippen MR) is 102 cm³/mol. The molecule has 1 aromatic heterocycles. The highest BCUT2D eigenvalue weighted by atomic mass is 16.5. The monoisotopic (exact) mass is 336 g/mol. The van der Waals surface area contributed by atoms with Crippen molar-refractivity contribution in [3.63, 3.8) is 0 Å². The summed E-state index contributed by atoms with van der Waals surface area (Å²) in [5.74, 6) is -0.479. The molecule has 3 rings (SSSR count). The van der Waals surface area contributed by atoms with Gasteiger partial charge in [-0.25, -0.2) is 4.79 Å². The van der Waals surface area contributed by atoms with Crippen LogP contribution in [-0.4, -0.2) is 29.6 Å². The Hall–Kier alpha value is -2.75. The topological polar surface area (TPSA) is 34.5 Å². The van der Waals surface area contributed by atoms with Crippen molar-refractivity contribution in [1.29, 1.82) is 0 Å². The van der Waals surface area contributed by atoms with Crippen molar-refractivity contribution in [2.45, 2.75) is 13.3 Å². The molecule has 0 spiro atoms. The second kappa shape index (κ2) is 6.63. The largest absolute Gasteiger partial charge is 0.466 e. The van der Waals surface area contributed by atoms with E-state index in [4.69, 9.17) is 4.74 Å². The van der Waals surface area contributed by atoms with E-state index in [0.29, 0.717) is 5.57 Å². The number of methoxy groups -OCH3 is 1. The second-order valence-corrected chi connectivity index (χ2v) is 6.40. The summed E-state index contributed by atoms with van der Waals surface area (Å²) < 4.78 is 7.16. The molecule has 1 aliphatic heterocycles. The molecule has 4 nitrogen and oxygen atoms in total. The fraction of sp³-hybridized carbons (Fsp3) is 0.286. The lowest BCUT2D eigenvalue weighted by atomic mass is 9.81. The average Bonchev–Trinajstić information content (AvgIpc) is 2.96. The van der Waals surface area contributed by atoms with Gasteiger partial charge in [-0.15, -0.1) is 0 Å². The Morgan fingerprint density at radius 2 is 1.96 bits per heavy atom. The normalized spacial score (nSPS) is 17.3. The van der Waals surface area contributed by atoms with Crippen LogP contribution in [0.25, 0.3) is 16.5 Å². The minimum Gasteiger partial charge on any atom is -0.466 e. The molecular weight excluding hydrogens is 312 g/mol. The summed E-state index contributed by atoms with van der Waals surface area (Å²) >= 11 is 0. The van der Waals surface area contributed by atoms with E-state index in [1.54, 1.807) is 0 Å². The number of nitrogens with zero attached hydrogens (tertiary/aromatic N) is 2. The zero-order valence-corrected chi connectivity index (χ0v) is 15.2. The van der Waals surface area contributed by atoms with Crippen LogP contribution in [0.2, 0.25) is 0 Å². The summed E-state index contributed by atoms with van der Waals surface area (Å²) in [6.45, 7) is 6.46. The quantitative estimate of drug-likeness (QED) is 0.788. The molecule has 0 radical (unpaired) electrons. The number of ether oxygens (including phenoxy) is 1. The van der Waals surface area contributed by atoms with Gasteiger partial charge in [-0.2, -0.15) is 0 Å². The Labute approximate surface area is 148 Å². The number of carbonyl (C=O) groups excluding carboxylic acids is 1. The van der Waals surface area contributed by atoms with Crippen molar-refractivity contribution in [2.24, 2.45) is 13.0 Å². The van der Waals surface area contributed by atoms with E-state index in [1.165, 1.54) is 12.5 Å². The molecule has 0 N–H and O–H groups in total. The minimum atomic E-state index is -0.309. The molecule has 1 unspecified atom stereocenters. The molecule has 1 aliphatic rings. The van der Waals surface area contributed by atoms with E-state index in [9.17, 15) is 4.79 Å². The summed E-state index contributed by atoms with van der Waals surface area (Å²) in [4.78, 5) is 14.3. The van der Waals surface area contributed by atoms with Crippen molar-refractivity contribution >= 4 is 22.4 Å². The highest BCUT2D eigenvalue weighted by molar-refractivity contribution is 5.95. The molecule has 0 saturated carbocycles. The van der Waals surface area contributed by atoms with E-state index in [1.807, 2.05) is 37.3 Å². The number of esters is 1. The van der Waals surface area contributed by atoms with E-state index < -0.39 is 0 Å². The Morgan fingerprint density at radius 3 is 2.60 bits per heavy atom. The molecule has 4 heteroatoms. The lowest BCUT2D eigenvalue weighted by Crippen LogP contribution is -2.25. The molecule has 2 heterocycles. The van der Waals surface area contributed by atoms with Gasteiger partial charge in [-0.05, 0) is 29.7 Å². The molecule has 0 aliphatic carbocycles. The number of aryl methyl sites for hydroxylation is 1. The van der Waals surface area contributed by atoms with Crippen LogP contribution in [0.15, 0.2) is 60.5 Å². The lowest BCUT2D eigenvalue weighted by molar-refractivity contribution is -0.136. The van der Waals surface area contributed by atoms with Crippen LogP contribution < -0.4 is 0 Å². The third-order valence-corrected chi connectivity index (χ3v) is 4.85. The molecule has 130 valence electrons. The lowest BCUT2D eigenvalue weighted by Gasteiger charge is -2.30. The SMILES string of the molecule is C=C(c1cc2ccccc2n1C)C1C(CC)=CN(C)C=C1C(=O)OC. The fourth-order valence-electron chi connectivity index (χ4n) is 3.61. The number of hydrogen-bond donors (Lipinski definition) is 0. The number of rotatable bonds is 4. The van der Waals surface area contributed by atoms with Crippen LogP contribution in [0.4, 0.5) is 0 Å². The summed E-state index contributed by atoms with van der Waals surface area (Å²) in [5.41, 5.74) is 4.87. The second-order valence-electron chi connectivity index (χ2n) is 6.40. The summed E-state index contributed by atoms with van der Waals surface area (Å²) in [6, 6.07) is 10.4. The van der Waals surface area contributed by atoms with Crippen molar-refractivity contribution in [3.05, 3.63) is 66.2 Å². The van der Waals surface area contributed by atoms with Crippen molar-refractivity contribution in [1.82, 2.24) is 9.47 Å². The number of fused-ring (bicyclic) bond motifs is 1. The zero-order chi connectivity index (χ0) is 18.1. The van der Waals surface area contributed by atoms with Gasteiger partial charge in [0, 0.05) is 49.0 Å². The maximum atomic E-state index is 12.4. The number of carbonyl (C=O) groups is 1. The summed E-state index contributed by atoms with van der Waals surface area (Å²) in [5, 5.41) is 1.17. The third kappa shape index (κ3) is 2.88. The fourth-order valence-corrected chi connectivity index (χ4v) is 3.61. The van der Waals surface area contributed by atoms with Gasteiger partial charge in [0.1, 0.15) is 0 Å². The van der Waals surface area contributed by atoms with E-state index in [2.05, 4.69) is 42.5 Å². The first kappa shape index (κ1) is 17.1. The maximum absolute atomic E-state index is 12.4. The number of allylic oxidation sites excluding steroid dienone is 2. The van der Waals surface area contributed by atoms with Crippen LogP contribution >= 0.6 is 0 Å². The van der Waals surface area contributed by atoms with Gasteiger partial charge in [-0.1, -0.05) is 31.7 Å². The molecule has 1 atom stereocenters. The van der Waals surface area contributed by atoms with Crippen LogP contribution in [0.3, 0.4) is 0 Å². The summed E-state index contributed by atoms with van der Waals surface area (Å²) in [7, 11) is 5.38. The molecule has 0 bridgehead atoms. The van der Waals surface area contributed by atoms with Crippen molar-refractivity contribution in [3.8, 4) is 0 Å². The van der Waals surface area contributed by atoms with Gasteiger partial charge in [-0.3, -0.25) is 0 Å². The first-order valence-corrected chi connectivity index (χ1v) is 8.44. The zero-order valence-electron chi connectivity index (χ0n) is 15.2. The standard InChI is InChI=1S/C21H24N2O2/c1-6-15-12-22(3)13-17(21(24)25-5)20(15)14(2)19-11-16-9-7-8-10-18(16)23(19)4/h7-13,20H,2,6H2,1,3-5H3. The molecule has 0 saturated heterocycles. The molecule has 1 aromatic carbocycles. The first-order valence-electron chi connectivity index (χ1n) is 8.44. The van der Waals surface area contributed by atoms with Gasteiger partial charge in [0.05, 0.1) is 12.7 Å². The summed E-state index contributed by atoms with van der Waals surface area (Å²) in [6.07, 6.45) is 4.75. The van der Waals surface area contributed by atoms with E-state index in [-0.39, 0.29) is 11.9 Å².